The van der Waals surface area contributed by atoms with Crippen molar-refractivity contribution in [2.24, 2.45) is 46.3 Å². The molecule has 6 nitrogen and oxygen atoms in total. The lowest BCUT2D eigenvalue weighted by Crippen LogP contribution is -2.41. The molecule has 266 valence electrons. The van der Waals surface area contributed by atoms with Gasteiger partial charge in [0.1, 0.15) is 17.0 Å². The van der Waals surface area contributed by atoms with Crippen LogP contribution in [0.25, 0.3) is 0 Å². The minimum absolute atomic E-state index is 0.0756. The summed E-state index contributed by atoms with van der Waals surface area (Å²) in [6, 6.07) is 0. The topological polar surface area (TPSA) is 89.9 Å². The third-order valence-electron chi connectivity index (χ3n) is 12.4. The summed E-state index contributed by atoms with van der Waals surface area (Å²) in [5.74, 6) is 3.67. The van der Waals surface area contributed by atoms with Gasteiger partial charge in [0, 0.05) is 25.2 Å². The second-order valence-electron chi connectivity index (χ2n) is 18.2. The summed E-state index contributed by atoms with van der Waals surface area (Å²) in [6.07, 6.45) is 16.0. The third kappa shape index (κ3) is 10.3. The van der Waals surface area contributed by atoms with Crippen LogP contribution in [0.4, 0.5) is 0 Å². The molecule has 4 rings (SSSR count). The molecule has 4 saturated carbocycles. The average molecular weight is 647 g/mol. The van der Waals surface area contributed by atoms with Crippen molar-refractivity contribution in [1.29, 1.82) is 0 Å². The minimum Gasteiger partial charge on any atom is -0.460 e. The highest BCUT2D eigenvalue weighted by Gasteiger charge is 2.53. The van der Waals surface area contributed by atoms with Gasteiger partial charge in [-0.25, -0.2) is 0 Å². The van der Waals surface area contributed by atoms with Gasteiger partial charge >= 0.3 is 11.9 Å². The lowest BCUT2D eigenvalue weighted by molar-refractivity contribution is -0.156. The van der Waals surface area contributed by atoms with Crippen molar-refractivity contribution in [3.63, 3.8) is 0 Å². The Kier molecular flexibility index (Phi) is 13.4. The van der Waals surface area contributed by atoms with Crippen molar-refractivity contribution in [2.45, 2.75) is 189 Å². The highest BCUT2D eigenvalue weighted by atomic mass is 16.6. The van der Waals surface area contributed by atoms with Gasteiger partial charge in [-0.1, -0.05) is 34.1 Å². The molecule has 0 spiro atoms. The van der Waals surface area contributed by atoms with E-state index in [0.29, 0.717) is 59.5 Å². The Hall–Kier alpha value is -1.43. The summed E-state index contributed by atoms with van der Waals surface area (Å²) in [4.78, 5) is 35.9. The van der Waals surface area contributed by atoms with E-state index >= 15 is 0 Å². The predicted octanol–water partition coefficient (Wildman–Crippen LogP) is 9.63. The van der Waals surface area contributed by atoms with Crippen LogP contribution < -0.4 is 0 Å². The van der Waals surface area contributed by atoms with E-state index in [4.69, 9.17) is 9.47 Å². The zero-order chi connectivity index (χ0) is 34.5. The molecule has 46 heavy (non-hydrogen) atoms. The maximum Gasteiger partial charge on any atom is 0.306 e. The summed E-state index contributed by atoms with van der Waals surface area (Å²) in [5, 5.41) is 10.3. The Morgan fingerprint density at radius 2 is 1.24 bits per heavy atom. The van der Waals surface area contributed by atoms with Crippen LogP contribution in [0.1, 0.15) is 172 Å². The normalized spacial score (nSPS) is 34.1. The van der Waals surface area contributed by atoms with Gasteiger partial charge < -0.3 is 14.6 Å². The van der Waals surface area contributed by atoms with E-state index in [1.165, 1.54) is 32.1 Å². The number of hydrogen-bond acceptors (Lipinski definition) is 6. The Balaban J connectivity index is 0.000000250. The molecule has 0 heterocycles. The van der Waals surface area contributed by atoms with Crippen molar-refractivity contribution >= 4 is 17.7 Å². The molecule has 4 aliphatic rings. The Morgan fingerprint density at radius 3 is 1.76 bits per heavy atom. The first-order valence-electron chi connectivity index (χ1n) is 18.9. The van der Waals surface area contributed by atoms with Crippen molar-refractivity contribution < 1.29 is 29.0 Å². The number of ketones is 1. The molecule has 0 amide bonds. The molecular weight excluding hydrogens is 576 g/mol. The fraction of sp³-hybridized carbons (Fsp3) is 0.925. The number of esters is 2. The smallest absolute Gasteiger partial charge is 0.306 e. The van der Waals surface area contributed by atoms with Gasteiger partial charge in [-0.15, -0.1) is 0 Å². The Bertz CT molecular complexity index is 1020. The number of Topliss-reactive ketones (excluding diaryl/α,β-unsaturated/α-hetero) is 1. The van der Waals surface area contributed by atoms with Crippen LogP contribution in [-0.4, -0.2) is 40.1 Å². The van der Waals surface area contributed by atoms with Gasteiger partial charge in [-0.3, -0.25) is 14.4 Å². The van der Waals surface area contributed by atoms with Crippen LogP contribution in [0, 0.1) is 46.3 Å². The molecule has 0 saturated heterocycles. The monoisotopic (exact) mass is 647 g/mol. The molecule has 4 aliphatic carbocycles. The van der Waals surface area contributed by atoms with Crippen LogP contribution in [0.15, 0.2) is 0 Å². The molecule has 0 aromatic carbocycles. The van der Waals surface area contributed by atoms with E-state index in [2.05, 4.69) is 27.7 Å². The molecule has 4 fully saturated rings. The van der Waals surface area contributed by atoms with Gasteiger partial charge in [0.05, 0.1) is 6.10 Å². The van der Waals surface area contributed by atoms with Crippen LogP contribution in [0.5, 0.6) is 0 Å². The zero-order valence-corrected chi connectivity index (χ0v) is 31.3. The Labute approximate surface area is 281 Å². The number of carbonyl (C=O) groups excluding carboxylic acids is 3. The summed E-state index contributed by atoms with van der Waals surface area (Å²) < 4.78 is 10.8. The number of rotatable bonds is 10. The highest BCUT2D eigenvalue weighted by molar-refractivity contribution is 5.83. The lowest BCUT2D eigenvalue weighted by atomic mass is 9.61. The fourth-order valence-corrected chi connectivity index (χ4v) is 10.4. The molecule has 0 aromatic rings. The van der Waals surface area contributed by atoms with Crippen LogP contribution in [0.2, 0.25) is 0 Å². The number of ether oxygens (including phenoxy) is 2. The first-order valence-corrected chi connectivity index (χ1v) is 18.9. The average Bonchev–Trinajstić information content (AvgIpc) is 3.45. The van der Waals surface area contributed by atoms with Crippen molar-refractivity contribution in [2.75, 3.05) is 0 Å². The van der Waals surface area contributed by atoms with E-state index in [1.807, 2.05) is 41.5 Å². The second kappa shape index (κ2) is 15.9. The third-order valence-corrected chi connectivity index (χ3v) is 12.4. The molecule has 9 atom stereocenters. The highest BCUT2D eigenvalue weighted by Crippen LogP contribution is 2.59. The Morgan fingerprint density at radius 1 is 0.761 bits per heavy atom. The van der Waals surface area contributed by atoms with E-state index in [1.54, 1.807) is 0 Å². The summed E-state index contributed by atoms with van der Waals surface area (Å²) in [5.41, 5.74) is -0.256. The maximum atomic E-state index is 12.2. The number of fused-ring (bicyclic) bond motifs is 2. The molecule has 0 radical (unpaired) electrons. The van der Waals surface area contributed by atoms with Gasteiger partial charge in [0.15, 0.2) is 0 Å². The molecule has 1 N–H and O–H groups in total. The van der Waals surface area contributed by atoms with Crippen molar-refractivity contribution in [3.05, 3.63) is 0 Å². The van der Waals surface area contributed by atoms with E-state index in [9.17, 15) is 19.5 Å². The summed E-state index contributed by atoms with van der Waals surface area (Å²) in [7, 11) is 0. The number of aliphatic hydroxyl groups is 1. The fourth-order valence-electron chi connectivity index (χ4n) is 10.4. The maximum absolute atomic E-state index is 12.2. The largest absolute Gasteiger partial charge is 0.460 e. The van der Waals surface area contributed by atoms with E-state index in [-0.39, 0.29) is 29.1 Å². The van der Waals surface area contributed by atoms with Crippen LogP contribution in [0.3, 0.4) is 0 Å². The second-order valence-corrected chi connectivity index (χ2v) is 18.2. The number of hydrogen-bond donors (Lipinski definition) is 1. The molecule has 0 aliphatic heterocycles. The quantitative estimate of drug-likeness (QED) is 0.238. The molecule has 0 unspecified atom stereocenters. The molecule has 0 bridgehead atoms. The zero-order valence-electron chi connectivity index (χ0n) is 31.3. The first kappa shape index (κ1) is 39.0. The molecular formula is C40H70O6. The SMILES string of the molecule is C[C@H](CCCC(=O)OC(C)(C)C)[C@H]1CC[C@H]2C(=O)CCC[C@]12C.C[C@H](CCCC(=O)OC(C)(C)C)[C@H]1CC[C@H]2[C@H](O)CCC[C@]12C. The molecule has 0 aromatic heterocycles. The van der Waals surface area contributed by atoms with Gasteiger partial charge in [0.2, 0.25) is 0 Å². The van der Waals surface area contributed by atoms with E-state index < -0.39 is 5.60 Å². The van der Waals surface area contributed by atoms with Crippen LogP contribution >= 0.6 is 0 Å². The van der Waals surface area contributed by atoms with Gasteiger partial charge in [0.25, 0.3) is 0 Å². The van der Waals surface area contributed by atoms with E-state index in [0.717, 1.165) is 57.8 Å². The van der Waals surface area contributed by atoms with Gasteiger partial charge in [-0.05, 0) is 159 Å². The number of carbonyl (C=O) groups is 3. The van der Waals surface area contributed by atoms with Crippen molar-refractivity contribution in [3.8, 4) is 0 Å². The minimum atomic E-state index is -0.392. The van der Waals surface area contributed by atoms with Crippen LogP contribution in [-0.2, 0) is 23.9 Å². The summed E-state index contributed by atoms with van der Waals surface area (Å²) in [6.45, 7) is 20.9. The predicted molar refractivity (Wildman–Crippen MR) is 185 cm³/mol. The van der Waals surface area contributed by atoms with Crippen molar-refractivity contribution in [1.82, 2.24) is 0 Å². The van der Waals surface area contributed by atoms with Gasteiger partial charge in [-0.2, -0.15) is 0 Å². The standard InChI is InChI=1S/C20H36O3.C20H34O3/c2*1-14(8-6-10-18(22)23-19(2,3)4)15-11-12-16-17(21)9-7-13-20(15,16)5/h14-17,21H,6-13H2,1-5H3;14-16H,6-13H2,1-5H3/t14-,15-,16+,17-,20-;14-,15-,16+,20-/m11/s1. The molecule has 6 heteroatoms. The lowest BCUT2D eigenvalue weighted by Gasteiger charge is -2.45. The number of aliphatic hydroxyl groups excluding tert-OH is 1. The summed E-state index contributed by atoms with van der Waals surface area (Å²) >= 11 is 0. The first-order chi connectivity index (χ1) is 21.3.